The van der Waals surface area contributed by atoms with Crippen LogP contribution in [-0.4, -0.2) is 4.98 Å². The number of pyridine rings is 1. The summed E-state index contributed by atoms with van der Waals surface area (Å²) in [7, 11) is 0. The molecule has 2 aromatic rings. The van der Waals surface area contributed by atoms with Crippen LogP contribution < -0.4 is 5.32 Å². The van der Waals surface area contributed by atoms with Crippen molar-refractivity contribution in [2.24, 2.45) is 0 Å². The summed E-state index contributed by atoms with van der Waals surface area (Å²) >= 11 is 13.0. The maximum atomic E-state index is 6.10. The zero-order chi connectivity index (χ0) is 12.4. The number of anilines is 2. The maximum Gasteiger partial charge on any atom is 0.144 e. The van der Waals surface area contributed by atoms with E-state index in [-0.39, 0.29) is 0 Å². The van der Waals surface area contributed by atoms with E-state index in [9.17, 15) is 0 Å². The van der Waals surface area contributed by atoms with Gasteiger partial charge in [0.1, 0.15) is 5.82 Å². The largest absolute Gasteiger partial charge is 0.338 e. The van der Waals surface area contributed by atoms with Crippen LogP contribution in [0.5, 0.6) is 0 Å². The Morgan fingerprint density at radius 1 is 1.24 bits per heavy atom. The average molecular weight is 376 g/mol. The summed E-state index contributed by atoms with van der Waals surface area (Å²) < 4.78 is 1.86. The van der Waals surface area contributed by atoms with Crippen molar-refractivity contribution in [3.63, 3.8) is 0 Å². The predicted octanol–water partition coefficient (Wildman–Crippen LogP) is 5.31. The maximum absolute atomic E-state index is 6.10. The Morgan fingerprint density at radius 3 is 2.71 bits per heavy atom. The number of halogens is 3. The van der Waals surface area contributed by atoms with Crippen LogP contribution in [0.4, 0.5) is 11.5 Å². The number of benzene rings is 1. The van der Waals surface area contributed by atoms with Crippen LogP contribution in [0, 0.1) is 6.92 Å². The lowest BCUT2D eigenvalue weighted by Gasteiger charge is -2.10. The van der Waals surface area contributed by atoms with Gasteiger partial charge in [-0.1, -0.05) is 11.6 Å². The molecule has 0 spiro atoms. The first-order chi connectivity index (χ1) is 8.08. The molecule has 1 N–H and O–H groups in total. The molecule has 0 bridgehead atoms. The van der Waals surface area contributed by atoms with Crippen LogP contribution in [0.2, 0.25) is 5.02 Å². The first kappa shape index (κ1) is 12.9. The Balaban J connectivity index is 2.37. The van der Waals surface area contributed by atoms with Gasteiger partial charge in [0.25, 0.3) is 0 Å². The monoisotopic (exact) mass is 374 g/mol. The number of nitrogens with one attached hydrogen (secondary N) is 1. The van der Waals surface area contributed by atoms with E-state index in [0.29, 0.717) is 0 Å². The minimum Gasteiger partial charge on any atom is -0.338 e. The van der Waals surface area contributed by atoms with Gasteiger partial charge >= 0.3 is 0 Å². The van der Waals surface area contributed by atoms with E-state index in [1.54, 1.807) is 6.20 Å². The molecule has 2 nitrogen and oxygen atoms in total. The molecule has 0 unspecified atom stereocenters. The number of nitrogens with zero attached hydrogens (tertiary/aromatic N) is 1. The van der Waals surface area contributed by atoms with Crippen molar-refractivity contribution in [1.82, 2.24) is 4.98 Å². The van der Waals surface area contributed by atoms with E-state index in [2.05, 4.69) is 42.2 Å². The Kier molecular flexibility index (Phi) is 4.07. The quantitative estimate of drug-likeness (QED) is 0.768. The van der Waals surface area contributed by atoms with E-state index in [4.69, 9.17) is 11.6 Å². The van der Waals surface area contributed by atoms with Gasteiger partial charge in [0, 0.05) is 15.7 Å². The van der Waals surface area contributed by atoms with Crippen molar-refractivity contribution in [2.75, 3.05) is 5.32 Å². The summed E-state index contributed by atoms with van der Waals surface area (Å²) in [6, 6.07) is 7.65. The molecular weight excluding hydrogens is 367 g/mol. The van der Waals surface area contributed by atoms with Crippen LogP contribution in [-0.2, 0) is 0 Å². The molecule has 0 saturated carbocycles. The van der Waals surface area contributed by atoms with E-state index in [0.717, 1.165) is 31.0 Å². The zero-order valence-electron chi connectivity index (χ0n) is 8.97. The summed E-state index contributed by atoms with van der Waals surface area (Å²) in [5, 5.41) is 3.94. The molecule has 17 heavy (non-hydrogen) atoms. The predicted molar refractivity (Wildman–Crippen MR) is 79.1 cm³/mol. The van der Waals surface area contributed by atoms with Gasteiger partial charge in [0.05, 0.1) is 10.2 Å². The fraction of sp³-hybridized carbons (Fsp3) is 0.0833. The first-order valence-corrected chi connectivity index (χ1v) is 6.87. The average Bonchev–Trinajstić information content (AvgIpc) is 2.29. The van der Waals surface area contributed by atoms with Crippen LogP contribution in [0.1, 0.15) is 5.56 Å². The molecule has 0 aliphatic rings. The first-order valence-electron chi connectivity index (χ1n) is 4.91. The standard InChI is InChI=1S/C12H9Br2ClN2/c1-7-5-9(14)11(6-10(7)15)17-12-8(13)3-2-4-16-12/h2-6H,1H3,(H,16,17). The molecule has 5 heteroatoms. The lowest BCUT2D eigenvalue weighted by Crippen LogP contribution is -1.95. The van der Waals surface area contributed by atoms with Crippen LogP contribution in [0.25, 0.3) is 0 Å². The second-order valence-corrected chi connectivity index (χ2v) is 5.66. The Bertz CT molecular complexity index is 558. The number of hydrogen-bond donors (Lipinski definition) is 1. The third-order valence-electron chi connectivity index (χ3n) is 2.26. The van der Waals surface area contributed by atoms with Gasteiger partial charge in [-0.25, -0.2) is 4.98 Å². The molecule has 88 valence electrons. The second kappa shape index (κ2) is 5.38. The lowest BCUT2D eigenvalue weighted by atomic mass is 10.2. The highest BCUT2D eigenvalue weighted by Gasteiger charge is 2.07. The molecule has 1 aromatic heterocycles. The van der Waals surface area contributed by atoms with Crippen LogP contribution in [0.15, 0.2) is 39.4 Å². The summed E-state index contributed by atoms with van der Waals surface area (Å²) in [6.45, 7) is 1.97. The topological polar surface area (TPSA) is 24.9 Å². The minimum atomic E-state index is 0.725. The minimum absolute atomic E-state index is 0.725. The summed E-state index contributed by atoms with van der Waals surface area (Å²) in [5.74, 6) is 0.758. The molecule has 0 saturated heterocycles. The van der Waals surface area contributed by atoms with Crippen molar-refractivity contribution in [3.05, 3.63) is 50.0 Å². The fourth-order valence-electron chi connectivity index (χ4n) is 1.35. The summed E-state index contributed by atoms with van der Waals surface area (Å²) in [4.78, 5) is 4.24. The van der Waals surface area contributed by atoms with Gasteiger partial charge in [0.2, 0.25) is 0 Å². The van der Waals surface area contributed by atoms with Gasteiger partial charge < -0.3 is 5.32 Å². The molecule has 0 aliphatic carbocycles. The highest BCUT2D eigenvalue weighted by atomic mass is 79.9. The van der Waals surface area contributed by atoms with E-state index < -0.39 is 0 Å². The van der Waals surface area contributed by atoms with Crippen molar-refractivity contribution in [1.29, 1.82) is 0 Å². The molecule has 2 rings (SSSR count). The molecule has 0 aliphatic heterocycles. The number of rotatable bonds is 2. The van der Waals surface area contributed by atoms with Crippen molar-refractivity contribution in [2.45, 2.75) is 6.92 Å². The highest BCUT2D eigenvalue weighted by Crippen LogP contribution is 2.32. The third kappa shape index (κ3) is 3.00. The van der Waals surface area contributed by atoms with Gasteiger partial charge in [-0.05, 0) is 68.6 Å². The normalized spacial score (nSPS) is 10.4. The number of aromatic nitrogens is 1. The van der Waals surface area contributed by atoms with Crippen LogP contribution >= 0.6 is 43.5 Å². The van der Waals surface area contributed by atoms with E-state index in [1.807, 2.05) is 31.2 Å². The lowest BCUT2D eigenvalue weighted by molar-refractivity contribution is 1.28. The Morgan fingerprint density at radius 2 is 2.00 bits per heavy atom. The zero-order valence-corrected chi connectivity index (χ0v) is 12.9. The molecule has 0 fully saturated rings. The highest BCUT2D eigenvalue weighted by molar-refractivity contribution is 9.11. The molecule has 0 amide bonds. The Hall–Kier alpha value is -0.580. The van der Waals surface area contributed by atoms with E-state index in [1.165, 1.54) is 0 Å². The fourth-order valence-corrected chi connectivity index (χ4v) is 2.42. The van der Waals surface area contributed by atoms with Crippen molar-refractivity contribution in [3.8, 4) is 0 Å². The molecule has 0 atom stereocenters. The molecule has 1 aromatic carbocycles. The van der Waals surface area contributed by atoms with E-state index >= 15 is 0 Å². The Labute approximate surface area is 122 Å². The summed E-state index contributed by atoms with van der Waals surface area (Å²) in [6.07, 6.45) is 1.73. The molecular formula is C12H9Br2ClN2. The number of aryl methyl sites for hydroxylation is 1. The molecule has 1 heterocycles. The van der Waals surface area contributed by atoms with Gasteiger partial charge in [-0.2, -0.15) is 0 Å². The summed E-state index contributed by atoms with van der Waals surface area (Å²) in [5.41, 5.74) is 1.92. The van der Waals surface area contributed by atoms with Crippen LogP contribution in [0.3, 0.4) is 0 Å². The number of hydrogen-bond acceptors (Lipinski definition) is 2. The van der Waals surface area contributed by atoms with Crippen molar-refractivity contribution >= 4 is 55.0 Å². The smallest absolute Gasteiger partial charge is 0.144 e. The SMILES string of the molecule is Cc1cc(Br)c(Nc2ncccc2Br)cc1Cl. The van der Waals surface area contributed by atoms with Gasteiger partial charge in [-0.15, -0.1) is 0 Å². The third-order valence-corrected chi connectivity index (χ3v) is 3.96. The van der Waals surface area contributed by atoms with Crippen molar-refractivity contribution < 1.29 is 0 Å². The van der Waals surface area contributed by atoms with Gasteiger partial charge in [0.15, 0.2) is 0 Å². The molecule has 0 radical (unpaired) electrons. The second-order valence-electron chi connectivity index (χ2n) is 3.54. The van der Waals surface area contributed by atoms with Gasteiger partial charge in [-0.3, -0.25) is 0 Å².